The highest BCUT2D eigenvalue weighted by Crippen LogP contribution is 2.40. The summed E-state index contributed by atoms with van der Waals surface area (Å²) in [7, 11) is 1.58. The van der Waals surface area contributed by atoms with Crippen molar-refractivity contribution in [2.24, 2.45) is 11.7 Å². The van der Waals surface area contributed by atoms with Crippen molar-refractivity contribution in [3.63, 3.8) is 0 Å². The third kappa shape index (κ3) is 5.24. The number of benzene rings is 3. The summed E-state index contributed by atoms with van der Waals surface area (Å²) in [5, 5.41) is 11.1. The summed E-state index contributed by atoms with van der Waals surface area (Å²) in [6, 6.07) is 20.0. The molecule has 4 rings (SSSR count). The fraction of sp³-hybridized carbons (Fsp3) is 0.286. The Kier molecular flexibility index (Phi) is 7.25. The third-order valence-electron chi connectivity index (χ3n) is 6.34. The zero-order valence-corrected chi connectivity index (χ0v) is 20.0. The van der Waals surface area contributed by atoms with E-state index in [0.29, 0.717) is 24.5 Å². The normalized spacial score (nSPS) is 12.1. The number of hydrogen-bond acceptors (Lipinski definition) is 4. The molecule has 1 amide bonds. The summed E-state index contributed by atoms with van der Waals surface area (Å²) in [5.41, 5.74) is 9.70. The van der Waals surface area contributed by atoms with Crippen LogP contribution in [-0.2, 0) is 22.6 Å². The molecule has 0 radical (unpaired) electrons. The molecule has 0 aliphatic heterocycles. The number of aryl methyl sites for hydroxylation is 1. The number of carboxylic acid groups (broad SMARTS) is 1. The predicted octanol–water partition coefficient (Wildman–Crippen LogP) is 4.76. The predicted molar refractivity (Wildman–Crippen MR) is 136 cm³/mol. The number of para-hydroxylation sites is 1. The maximum atomic E-state index is 11.5. The van der Waals surface area contributed by atoms with Gasteiger partial charge in [0.2, 0.25) is 5.91 Å². The molecule has 0 saturated heterocycles. The van der Waals surface area contributed by atoms with Crippen LogP contribution in [0.1, 0.15) is 30.9 Å². The van der Waals surface area contributed by atoms with Gasteiger partial charge in [-0.05, 0) is 30.4 Å². The van der Waals surface area contributed by atoms with Crippen molar-refractivity contribution < 1.29 is 24.2 Å². The number of aromatic nitrogens is 1. The number of nitrogens with two attached hydrogens (primary N) is 1. The van der Waals surface area contributed by atoms with E-state index in [1.54, 1.807) is 13.2 Å². The number of primary amides is 1. The van der Waals surface area contributed by atoms with Crippen LogP contribution in [0.4, 0.5) is 0 Å². The van der Waals surface area contributed by atoms with Gasteiger partial charge in [-0.25, -0.2) is 4.79 Å². The van der Waals surface area contributed by atoms with Gasteiger partial charge in [0.15, 0.2) is 6.61 Å². The van der Waals surface area contributed by atoms with Crippen molar-refractivity contribution in [1.82, 2.24) is 4.57 Å². The molecule has 35 heavy (non-hydrogen) atoms. The topological polar surface area (TPSA) is 104 Å². The van der Waals surface area contributed by atoms with Crippen molar-refractivity contribution >= 4 is 33.7 Å². The van der Waals surface area contributed by atoms with Gasteiger partial charge in [0.1, 0.15) is 11.5 Å². The van der Waals surface area contributed by atoms with Gasteiger partial charge in [-0.1, -0.05) is 55.5 Å². The number of carbonyl (C=O) groups excluding carboxylic acids is 1. The van der Waals surface area contributed by atoms with Gasteiger partial charge in [0, 0.05) is 35.4 Å². The average Bonchev–Trinajstić information content (AvgIpc) is 3.17. The monoisotopic (exact) mass is 474 g/mol. The van der Waals surface area contributed by atoms with Crippen molar-refractivity contribution in [3.8, 4) is 11.5 Å². The molecule has 4 aromatic rings. The second-order valence-corrected chi connectivity index (χ2v) is 8.78. The minimum atomic E-state index is -1.04. The van der Waals surface area contributed by atoms with E-state index in [0.717, 1.165) is 45.8 Å². The Morgan fingerprint density at radius 1 is 1.09 bits per heavy atom. The molecule has 7 nitrogen and oxygen atoms in total. The summed E-state index contributed by atoms with van der Waals surface area (Å²) < 4.78 is 13.5. The molecule has 1 unspecified atom stereocenters. The minimum Gasteiger partial charge on any atom is -0.497 e. The van der Waals surface area contributed by atoms with Crippen LogP contribution in [0, 0.1) is 5.92 Å². The lowest BCUT2D eigenvalue weighted by molar-refractivity contribution is -0.139. The molecule has 1 aromatic heterocycles. The fourth-order valence-electron chi connectivity index (χ4n) is 4.54. The summed E-state index contributed by atoms with van der Waals surface area (Å²) >= 11 is 0. The maximum absolute atomic E-state index is 11.5. The van der Waals surface area contributed by atoms with Crippen LogP contribution in [-0.4, -0.2) is 35.3 Å². The summed E-state index contributed by atoms with van der Waals surface area (Å²) in [4.78, 5) is 22.7. The van der Waals surface area contributed by atoms with E-state index in [2.05, 4.69) is 22.8 Å². The van der Waals surface area contributed by atoms with Crippen LogP contribution >= 0.6 is 0 Å². The third-order valence-corrected chi connectivity index (χ3v) is 6.34. The summed E-state index contributed by atoms with van der Waals surface area (Å²) in [5.74, 6) is -0.443. The largest absolute Gasteiger partial charge is 0.497 e. The molecule has 182 valence electrons. The van der Waals surface area contributed by atoms with E-state index in [-0.39, 0.29) is 11.8 Å². The number of hydrogen-bond donors (Lipinski definition) is 2. The highest BCUT2D eigenvalue weighted by molar-refractivity contribution is 6.12. The van der Waals surface area contributed by atoms with E-state index < -0.39 is 12.6 Å². The second kappa shape index (κ2) is 10.5. The highest BCUT2D eigenvalue weighted by Gasteiger charge is 2.20. The van der Waals surface area contributed by atoms with Crippen LogP contribution in [0.3, 0.4) is 0 Å². The first-order valence-electron chi connectivity index (χ1n) is 11.7. The number of aliphatic carboxylic acids is 1. The molecular formula is C28H30N2O5. The number of methoxy groups -OCH3 is 1. The first kappa shape index (κ1) is 24.1. The lowest BCUT2D eigenvalue weighted by Crippen LogP contribution is -2.20. The number of nitrogens with zero attached hydrogens (tertiary/aromatic N) is 1. The molecule has 1 atom stereocenters. The molecule has 0 fully saturated rings. The van der Waals surface area contributed by atoms with Gasteiger partial charge in [-0.15, -0.1) is 0 Å². The standard InChI is InChI=1S/C28H30N2O5/c1-18(28(29)33)8-6-11-20-12-7-13-22-26-23(14-21(34-2)15-24(26)35-17-25(31)32)30(27(20)22)16-19-9-4-3-5-10-19/h3-5,7,9-10,12-15,18H,6,8,11,16-17H2,1-2H3,(H2,29,33)(H,31,32). The Hall–Kier alpha value is -4.00. The Labute approximate surface area is 204 Å². The van der Waals surface area contributed by atoms with Gasteiger partial charge < -0.3 is 24.9 Å². The van der Waals surface area contributed by atoms with Crippen LogP contribution in [0.2, 0.25) is 0 Å². The van der Waals surface area contributed by atoms with Gasteiger partial charge in [-0.2, -0.15) is 0 Å². The molecule has 0 spiro atoms. The number of ether oxygens (including phenoxy) is 2. The van der Waals surface area contributed by atoms with Crippen LogP contribution < -0.4 is 15.2 Å². The Morgan fingerprint density at radius 3 is 2.54 bits per heavy atom. The van der Waals surface area contributed by atoms with E-state index in [1.807, 2.05) is 43.3 Å². The van der Waals surface area contributed by atoms with Gasteiger partial charge >= 0.3 is 5.97 Å². The van der Waals surface area contributed by atoms with Crippen molar-refractivity contribution in [3.05, 3.63) is 71.8 Å². The summed E-state index contributed by atoms with van der Waals surface area (Å²) in [6.45, 7) is 2.03. The Morgan fingerprint density at radius 2 is 1.86 bits per heavy atom. The SMILES string of the molecule is COc1cc(OCC(=O)O)c2c3cccc(CCCC(C)C(N)=O)c3n(Cc3ccccc3)c2c1. The Bertz CT molecular complexity index is 1360. The van der Waals surface area contributed by atoms with Crippen LogP contribution in [0.15, 0.2) is 60.7 Å². The molecule has 0 saturated carbocycles. The molecule has 3 N–H and O–H groups in total. The van der Waals surface area contributed by atoms with Crippen molar-refractivity contribution in [2.45, 2.75) is 32.7 Å². The molecule has 0 aliphatic carbocycles. The molecule has 3 aromatic carbocycles. The van der Waals surface area contributed by atoms with E-state index in [4.69, 9.17) is 15.2 Å². The second-order valence-electron chi connectivity index (χ2n) is 8.78. The molecular weight excluding hydrogens is 444 g/mol. The first-order valence-corrected chi connectivity index (χ1v) is 11.7. The van der Waals surface area contributed by atoms with Crippen LogP contribution in [0.25, 0.3) is 21.8 Å². The highest BCUT2D eigenvalue weighted by atomic mass is 16.5. The van der Waals surface area contributed by atoms with Gasteiger partial charge in [0.25, 0.3) is 0 Å². The average molecular weight is 475 g/mol. The summed E-state index contributed by atoms with van der Waals surface area (Å²) in [6.07, 6.45) is 2.32. The van der Waals surface area contributed by atoms with E-state index in [9.17, 15) is 14.7 Å². The number of carboxylic acids is 1. The molecule has 7 heteroatoms. The molecule has 1 heterocycles. The number of amides is 1. The zero-order chi connectivity index (χ0) is 24.9. The van der Waals surface area contributed by atoms with Crippen molar-refractivity contribution in [1.29, 1.82) is 0 Å². The van der Waals surface area contributed by atoms with Crippen LogP contribution in [0.5, 0.6) is 11.5 Å². The Balaban J connectivity index is 1.90. The van der Waals surface area contributed by atoms with E-state index in [1.165, 1.54) is 0 Å². The quantitative estimate of drug-likeness (QED) is 0.326. The first-order chi connectivity index (χ1) is 16.9. The lowest BCUT2D eigenvalue weighted by Gasteiger charge is -2.13. The van der Waals surface area contributed by atoms with Gasteiger partial charge in [0.05, 0.1) is 18.1 Å². The van der Waals surface area contributed by atoms with Gasteiger partial charge in [-0.3, -0.25) is 4.79 Å². The minimum absolute atomic E-state index is 0.176. The maximum Gasteiger partial charge on any atom is 0.341 e. The zero-order valence-electron chi connectivity index (χ0n) is 20.0. The molecule has 0 bridgehead atoms. The lowest BCUT2D eigenvalue weighted by atomic mass is 9.99. The van der Waals surface area contributed by atoms with E-state index >= 15 is 0 Å². The number of fused-ring (bicyclic) bond motifs is 3. The number of rotatable bonds is 11. The number of carbonyl (C=O) groups is 2. The fourth-order valence-corrected chi connectivity index (χ4v) is 4.54. The van der Waals surface area contributed by atoms with Crippen molar-refractivity contribution in [2.75, 3.05) is 13.7 Å². The smallest absolute Gasteiger partial charge is 0.341 e. The molecule has 0 aliphatic rings.